The minimum absolute atomic E-state index is 0.00183. The van der Waals surface area contributed by atoms with Crippen molar-refractivity contribution in [2.24, 2.45) is 5.10 Å². The van der Waals surface area contributed by atoms with Gasteiger partial charge in [-0.1, -0.05) is 48.0 Å². The largest absolute Gasteiger partial charge is 0.322 e. The molecule has 0 aliphatic heterocycles. The first-order valence-electron chi connectivity index (χ1n) is 12.7. The summed E-state index contributed by atoms with van der Waals surface area (Å²) in [5, 5.41) is 7.42. The number of carbonyl (C=O) groups excluding carboxylic acids is 2. The Labute approximate surface area is 244 Å². The van der Waals surface area contributed by atoms with Crippen LogP contribution >= 0.6 is 11.6 Å². The van der Waals surface area contributed by atoms with Crippen molar-refractivity contribution in [2.75, 3.05) is 16.2 Å². The summed E-state index contributed by atoms with van der Waals surface area (Å²) in [7, 11) is -4.10. The lowest BCUT2D eigenvalue weighted by Crippen LogP contribution is -2.39. The molecule has 2 N–H and O–H groups in total. The van der Waals surface area contributed by atoms with E-state index < -0.39 is 22.5 Å². The molecule has 10 heteroatoms. The Hall–Kier alpha value is -4.47. The molecule has 0 saturated heterocycles. The van der Waals surface area contributed by atoms with Gasteiger partial charge in [-0.15, -0.1) is 0 Å². The zero-order chi connectivity index (χ0) is 29.6. The summed E-state index contributed by atoms with van der Waals surface area (Å²) >= 11 is 5.96. The van der Waals surface area contributed by atoms with Gasteiger partial charge in [0.05, 0.1) is 16.3 Å². The average Bonchev–Trinajstić information content (AvgIpc) is 2.97. The molecular formula is C31H29ClN4O4S. The molecule has 4 rings (SSSR count). The number of halogens is 1. The van der Waals surface area contributed by atoms with Crippen molar-refractivity contribution in [1.82, 2.24) is 5.43 Å². The van der Waals surface area contributed by atoms with Gasteiger partial charge in [0.15, 0.2) is 0 Å². The molecule has 0 unspecified atom stereocenters. The maximum absolute atomic E-state index is 13.6. The Morgan fingerprint density at radius 3 is 2.20 bits per heavy atom. The molecule has 0 atom stereocenters. The second-order valence-electron chi connectivity index (χ2n) is 9.37. The average molecular weight is 589 g/mol. The summed E-state index contributed by atoms with van der Waals surface area (Å²) in [6.45, 7) is 4.99. The molecular weight excluding hydrogens is 560 g/mol. The van der Waals surface area contributed by atoms with Crippen molar-refractivity contribution in [3.63, 3.8) is 0 Å². The molecule has 0 spiro atoms. The number of rotatable bonds is 9. The van der Waals surface area contributed by atoms with Crippen LogP contribution in [0.3, 0.4) is 0 Å². The van der Waals surface area contributed by atoms with Gasteiger partial charge in [-0.05, 0) is 98.1 Å². The summed E-state index contributed by atoms with van der Waals surface area (Å²) < 4.78 is 28.2. The molecule has 0 aliphatic rings. The van der Waals surface area contributed by atoms with Crippen LogP contribution in [0.5, 0.6) is 0 Å². The van der Waals surface area contributed by atoms with Crippen LogP contribution in [0.1, 0.15) is 34.0 Å². The van der Waals surface area contributed by atoms with Crippen LogP contribution in [-0.2, 0) is 14.8 Å². The number of anilines is 2. The second-order valence-corrected chi connectivity index (χ2v) is 11.7. The molecule has 0 aliphatic carbocycles. The smallest absolute Gasteiger partial charge is 0.264 e. The third-order valence-electron chi connectivity index (χ3n) is 6.39. The topological polar surface area (TPSA) is 108 Å². The van der Waals surface area contributed by atoms with Gasteiger partial charge in [-0.3, -0.25) is 13.9 Å². The highest BCUT2D eigenvalue weighted by Gasteiger charge is 2.27. The highest BCUT2D eigenvalue weighted by atomic mass is 35.5. The highest BCUT2D eigenvalue weighted by Crippen LogP contribution is 2.26. The van der Waals surface area contributed by atoms with Crippen LogP contribution in [0.2, 0.25) is 5.02 Å². The lowest BCUT2D eigenvalue weighted by molar-refractivity contribution is -0.119. The zero-order valence-electron chi connectivity index (χ0n) is 22.8. The van der Waals surface area contributed by atoms with Gasteiger partial charge in [0.1, 0.15) is 6.54 Å². The summed E-state index contributed by atoms with van der Waals surface area (Å²) in [5.41, 5.74) is 6.90. The first-order valence-corrected chi connectivity index (χ1v) is 14.5. The van der Waals surface area contributed by atoms with Gasteiger partial charge in [0.2, 0.25) is 0 Å². The van der Waals surface area contributed by atoms with E-state index in [0.29, 0.717) is 33.2 Å². The molecule has 4 aromatic carbocycles. The maximum Gasteiger partial charge on any atom is 0.264 e. The Morgan fingerprint density at radius 1 is 0.829 bits per heavy atom. The predicted molar refractivity (Wildman–Crippen MR) is 163 cm³/mol. The fourth-order valence-electron chi connectivity index (χ4n) is 3.92. The minimum Gasteiger partial charge on any atom is -0.322 e. The maximum atomic E-state index is 13.6. The predicted octanol–water partition coefficient (Wildman–Crippen LogP) is 5.94. The number of benzene rings is 4. The lowest BCUT2D eigenvalue weighted by atomic mass is 10.1. The summed E-state index contributed by atoms with van der Waals surface area (Å²) in [4.78, 5) is 25.5. The molecule has 0 heterocycles. The monoisotopic (exact) mass is 588 g/mol. The number of sulfonamides is 1. The van der Waals surface area contributed by atoms with Crippen LogP contribution in [0.4, 0.5) is 11.4 Å². The number of aryl methyl sites for hydroxylation is 2. The Kier molecular flexibility index (Phi) is 9.21. The molecule has 4 aromatic rings. The molecule has 0 saturated carbocycles. The SMILES string of the molecule is C/C(=N/NC(=O)CN(c1ccc(C)c(C)c1)S(=O)(=O)c1ccc(Cl)cc1)c1cccc(NC(=O)c2ccccc2)c1. The van der Waals surface area contributed by atoms with Crippen LogP contribution in [-0.4, -0.2) is 32.5 Å². The van der Waals surface area contributed by atoms with E-state index in [0.717, 1.165) is 15.4 Å². The van der Waals surface area contributed by atoms with Crippen LogP contribution in [0.25, 0.3) is 0 Å². The van der Waals surface area contributed by atoms with Gasteiger partial charge < -0.3 is 5.32 Å². The summed E-state index contributed by atoms with van der Waals surface area (Å²) in [5.74, 6) is -0.882. The van der Waals surface area contributed by atoms with E-state index in [-0.39, 0.29) is 10.8 Å². The Morgan fingerprint density at radius 2 is 1.51 bits per heavy atom. The van der Waals surface area contributed by atoms with Crippen molar-refractivity contribution >= 4 is 50.5 Å². The van der Waals surface area contributed by atoms with Gasteiger partial charge in [-0.2, -0.15) is 5.10 Å². The van der Waals surface area contributed by atoms with E-state index in [1.165, 1.54) is 24.3 Å². The van der Waals surface area contributed by atoms with Crippen molar-refractivity contribution in [2.45, 2.75) is 25.7 Å². The molecule has 0 bridgehead atoms. The van der Waals surface area contributed by atoms with Gasteiger partial charge in [0, 0.05) is 16.3 Å². The Bertz CT molecular complexity index is 1710. The van der Waals surface area contributed by atoms with Crippen LogP contribution < -0.4 is 15.0 Å². The molecule has 0 aromatic heterocycles. The zero-order valence-corrected chi connectivity index (χ0v) is 24.3. The second kappa shape index (κ2) is 12.8. The number of hydrogen-bond acceptors (Lipinski definition) is 5. The van der Waals surface area contributed by atoms with E-state index in [9.17, 15) is 18.0 Å². The van der Waals surface area contributed by atoms with Gasteiger partial charge >= 0.3 is 0 Å². The molecule has 0 radical (unpaired) electrons. The molecule has 0 fully saturated rings. The fraction of sp³-hybridized carbons (Fsp3) is 0.129. The Balaban J connectivity index is 1.52. The van der Waals surface area contributed by atoms with Crippen molar-refractivity contribution < 1.29 is 18.0 Å². The standard InChI is InChI=1S/C31H29ClN4O4S/c1-21-12-15-28(18-22(21)2)36(41(39,40)29-16-13-26(32)14-17-29)20-30(37)35-34-23(3)25-10-7-11-27(19-25)33-31(38)24-8-5-4-6-9-24/h4-19H,20H2,1-3H3,(H,33,38)(H,35,37)/b34-23-. The molecule has 8 nitrogen and oxygen atoms in total. The number of nitrogens with one attached hydrogen (secondary N) is 2. The quantitative estimate of drug-likeness (QED) is 0.186. The first-order chi connectivity index (χ1) is 19.5. The van der Waals surface area contributed by atoms with Crippen molar-refractivity contribution in [3.8, 4) is 0 Å². The number of hydrazone groups is 1. The molecule has 210 valence electrons. The van der Waals surface area contributed by atoms with Crippen LogP contribution in [0.15, 0.2) is 107 Å². The van der Waals surface area contributed by atoms with E-state index in [1.807, 2.05) is 19.9 Å². The number of nitrogens with zero attached hydrogens (tertiary/aromatic N) is 2. The van der Waals surface area contributed by atoms with Gasteiger partial charge in [-0.25, -0.2) is 13.8 Å². The summed E-state index contributed by atoms with van der Waals surface area (Å²) in [6.07, 6.45) is 0. The number of carbonyl (C=O) groups is 2. The lowest BCUT2D eigenvalue weighted by Gasteiger charge is -2.24. The van der Waals surface area contributed by atoms with E-state index in [4.69, 9.17) is 11.6 Å². The number of amides is 2. The van der Waals surface area contributed by atoms with E-state index >= 15 is 0 Å². The van der Waals surface area contributed by atoms with Crippen molar-refractivity contribution in [1.29, 1.82) is 0 Å². The molecule has 41 heavy (non-hydrogen) atoms. The van der Waals surface area contributed by atoms with E-state index in [1.54, 1.807) is 73.7 Å². The third kappa shape index (κ3) is 7.39. The molecule has 2 amide bonds. The fourth-order valence-corrected chi connectivity index (χ4v) is 5.46. The minimum atomic E-state index is -4.10. The number of hydrogen-bond donors (Lipinski definition) is 2. The van der Waals surface area contributed by atoms with Gasteiger partial charge in [0.25, 0.3) is 21.8 Å². The first kappa shape index (κ1) is 29.5. The summed E-state index contributed by atoms with van der Waals surface area (Å²) in [6, 6.07) is 26.8. The highest BCUT2D eigenvalue weighted by molar-refractivity contribution is 7.92. The van der Waals surface area contributed by atoms with Crippen LogP contribution in [0, 0.1) is 13.8 Å². The third-order valence-corrected chi connectivity index (χ3v) is 8.43. The normalized spacial score (nSPS) is 11.6. The van der Waals surface area contributed by atoms with Crippen molar-refractivity contribution in [3.05, 3.63) is 124 Å². The van der Waals surface area contributed by atoms with E-state index in [2.05, 4.69) is 15.8 Å².